The van der Waals surface area contributed by atoms with Crippen LogP contribution in [0.25, 0.3) is 0 Å². The maximum atomic E-state index is 14.2. The highest BCUT2D eigenvalue weighted by molar-refractivity contribution is 7.15. The van der Waals surface area contributed by atoms with Gasteiger partial charge in [0.1, 0.15) is 11.0 Å². The SMILES string of the molecule is CC1CCC(C(=O)N(c2cc(C#CC(C)(C)C)sc2C(=O)O)C2CCC(Oc3cc(CN(C)CCO)ccn3)CC2)CC1. The van der Waals surface area contributed by atoms with E-state index in [1.165, 1.54) is 0 Å². The molecule has 4 rings (SSSR count). The Balaban J connectivity index is 1.54. The van der Waals surface area contributed by atoms with Gasteiger partial charge in [-0.15, -0.1) is 11.3 Å². The molecule has 2 N–H and O–H groups in total. The predicted molar refractivity (Wildman–Crippen MR) is 171 cm³/mol. The summed E-state index contributed by atoms with van der Waals surface area (Å²) < 4.78 is 6.30. The molecule has 2 aliphatic rings. The van der Waals surface area contributed by atoms with Gasteiger partial charge in [0, 0.05) is 42.7 Å². The molecule has 2 aliphatic carbocycles. The van der Waals surface area contributed by atoms with Crippen molar-refractivity contribution in [3.63, 3.8) is 0 Å². The average molecular weight is 610 g/mol. The highest BCUT2D eigenvalue weighted by Gasteiger charge is 2.38. The molecular weight excluding hydrogens is 562 g/mol. The summed E-state index contributed by atoms with van der Waals surface area (Å²) in [5.41, 5.74) is 1.34. The number of likely N-dealkylation sites (N-methyl/N-ethyl adjacent to an activating group) is 1. The van der Waals surface area contributed by atoms with E-state index in [4.69, 9.17) is 4.74 Å². The second kappa shape index (κ2) is 14.7. The first-order chi connectivity index (χ1) is 20.4. The van der Waals surface area contributed by atoms with Crippen molar-refractivity contribution in [2.24, 2.45) is 17.3 Å². The lowest BCUT2D eigenvalue weighted by Crippen LogP contribution is -2.47. The van der Waals surface area contributed by atoms with Crippen molar-refractivity contribution in [3.05, 3.63) is 39.7 Å². The number of nitrogens with zero attached hydrogens (tertiary/aromatic N) is 3. The van der Waals surface area contributed by atoms with Crippen LogP contribution in [0.1, 0.15) is 99.2 Å². The molecule has 0 saturated heterocycles. The van der Waals surface area contributed by atoms with Gasteiger partial charge in [0.05, 0.1) is 17.2 Å². The number of amides is 1. The molecule has 43 heavy (non-hydrogen) atoms. The van der Waals surface area contributed by atoms with Gasteiger partial charge >= 0.3 is 5.97 Å². The van der Waals surface area contributed by atoms with Gasteiger partial charge in [0.25, 0.3) is 0 Å². The summed E-state index contributed by atoms with van der Waals surface area (Å²) in [6.07, 6.45) is 8.36. The summed E-state index contributed by atoms with van der Waals surface area (Å²) >= 11 is 1.16. The highest BCUT2D eigenvalue weighted by atomic mass is 32.1. The smallest absolute Gasteiger partial charge is 0.348 e. The minimum atomic E-state index is -1.02. The Morgan fingerprint density at radius 1 is 1.09 bits per heavy atom. The third-order valence-electron chi connectivity index (χ3n) is 8.36. The first-order valence-electron chi connectivity index (χ1n) is 15.6. The van der Waals surface area contributed by atoms with E-state index >= 15 is 0 Å². The number of hydrogen-bond donors (Lipinski definition) is 2. The molecule has 0 unspecified atom stereocenters. The zero-order chi connectivity index (χ0) is 31.1. The van der Waals surface area contributed by atoms with Gasteiger partial charge in [-0.1, -0.05) is 18.8 Å². The number of rotatable bonds is 10. The Bertz CT molecular complexity index is 1310. The van der Waals surface area contributed by atoms with Crippen LogP contribution in [0, 0.1) is 29.1 Å². The van der Waals surface area contributed by atoms with Gasteiger partial charge in [0.15, 0.2) is 0 Å². The minimum Gasteiger partial charge on any atom is -0.477 e. The van der Waals surface area contributed by atoms with Crippen molar-refractivity contribution in [2.75, 3.05) is 25.1 Å². The maximum Gasteiger partial charge on any atom is 0.348 e. The van der Waals surface area contributed by atoms with Crippen LogP contribution in [0.15, 0.2) is 24.4 Å². The quantitative estimate of drug-likeness (QED) is 0.309. The number of aromatic carboxylic acids is 1. The Morgan fingerprint density at radius 2 is 1.79 bits per heavy atom. The molecule has 2 aromatic heterocycles. The van der Waals surface area contributed by atoms with Crippen LogP contribution in [0.2, 0.25) is 0 Å². The number of pyridine rings is 1. The Hall–Kier alpha value is -2.93. The zero-order valence-electron chi connectivity index (χ0n) is 26.3. The molecule has 0 spiro atoms. The first-order valence-corrected chi connectivity index (χ1v) is 16.4. The van der Waals surface area contributed by atoms with Gasteiger partial charge in [0.2, 0.25) is 11.8 Å². The van der Waals surface area contributed by atoms with Crippen molar-refractivity contribution in [3.8, 4) is 17.7 Å². The molecule has 0 aromatic carbocycles. The lowest BCUT2D eigenvalue weighted by Gasteiger charge is -2.39. The summed E-state index contributed by atoms with van der Waals surface area (Å²) in [6, 6.07) is 5.62. The Kier molecular flexibility index (Phi) is 11.3. The number of carbonyl (C=O) groups is 2. The maximum absolute atomic E-state index is 14.2. The first kappa shape index (κ1) is 33.0. The fourth-order valence-corrected chi connectivity index (χ4v) is 6.83. The van der Waals surface area contributed by atoms with E-state index < -0.39 is 5.97 Å². The number of carbonyl (C=O) groups excluding carboxylic acids is 1. The van der Waals surface area contributed by atoms with Crippen LogP contribution < -0.4 is 9.64 Å². The molecule has 2 aromatic rings. The van der Waals surface area contributed by atoms with E-state index in [1.54, 1.807) is 6.20 Å². The number of aromatic nitrogens is 1. The third kappa shape index (κ3) is 9.28. The van der Waals surface area contributed by atoms with Crippen molar-refractivity contribution >= 4 is 28.9 Å². The van der Waals surface area contributed by atoms with E-state index in [0.29, 0.717) is 35.5 Å². The molecular formula is C34H47N3O5S. The normalized spacial score (nSPS) is 22.5. The molecule has 8 nitrogen and oxygen atoms in total. The molecule has 0 aliphatic heterocycles. The third-order valence-corrected chi connectivity index (χ3v) is 9.39. The number of carboxylic acids is 1. The van der Waals surface area contributed by atoms with Crippen LogP contribution in [-0.2, 0) is 11.3 Å². The van der Waals surface area contributed by atoms with Crippen molar-refractivity contribution in [2.45, 2.75) is 97.8 Å². The number of aliphatic hydroxyl groups is 1. The number of ether oxygens (including phenoxy) is 1. The van der Waals surface area contributed by atoms with Crippen molar-refractivity contribution in [1.29, 1.82) is 0 Å². The Morgan fingerprint density at radius 3 is 2.42 bits per heavy atom. The summed E-state index contributed by atoms with van der Waals surface area (Å²) in [4.78, 5) is 35.8. The molecule has 0 bridgehead atoms. The van der Waals surface area contributed by atoms with Gasteiger partial charge < -0.3 is 19.8 Å². The summed E-state index contributed by atoms with van der Waals surface area (Å²) in [5, 5.41) is 19.4. The second-order valence-electron chi connectivity index (χ2n) is 13.3. The van der Waals surface area contributed by atoms with Gasteiger partial charge in [-0.3, -0.25) is 9.69 Å². The summed E-state index contributed by atoms with van der Waals surface area (Å²) in [5.74, 6) is 6.50. The van der Waals surface area contributed by atoms with Crippen LogP contribution in [0.4, 0.5) is 5.69 Å². The van der Waals surface area contributed by atoms with Crippen LogP contribution in [0.3, 0.4) is 0 Å². The van der Waals surface area contributed by atoms with E-state index in [2.05, 4.69) is 23.7 Å². The molecule has 0 radical (unpaired) electrons. The van der Waals surface area contributed by atoms with E-state index in [9.17, 15) is 19.8 Å². The molecule has 2 saturated carbocycles. The number of carboxylic acid groups (broad SMARTS) is 1. The second-order valence-corrected chi connectivity index (χ2v) is 14.4. The summed E-state index contributed by atoms with van der Waals surface area (Å²) in [6.45, 7) is 9.70. The molecule has 0 atom stereocenters. The average Bonchev–Trinajstić information content (AvgIpc) is 3.37. The van der Waals surface area contributed by atoms with Gasteiger partial charge in [-0.25, -0.2) is 9.78 Å². The standard InChI is InChI=1S/C34H47N3O5S/c1-23-6-8-25(9-7-23)32(39)37(29-21-28(14-16-34(2,3)4)43-31(29)33(40)41)26-10-12-27(13-11-26)42-30-20-24(15-17-35-30)22-36(5)18-19-38/h15,17,20-21,23,25-27,38H,6-13,18-19,22H2,1-5H3,(H,40,41). The van der Waals surface area contributed by atoms with E-state index in [1.807, 2.05) is 55.8 Å². The molecule has 2 heterocycles. The van der Waals surface area contributed by atoms with Gasteiger partial charge in [-0.05, 0) is 103 Å². The lowest BCUT2D eigenvalue weighted by molar-refractivity contribution is -0.124. The number of aliphatic hydroxyl groups excluding tert-OH is 1. The monoisotopic (exact) mass is 609 g/mol. The van der Waals surface area contributed by atoms with Crippen LogP contribution in [0.5, 0.6) is 5.88 Å². The van der Waals surface area contributed by atoms with Crippen LogP contribution >= 0.6 is 11.3 Å². The molecule has 9 heteroatoms. The fourth-order valence-electron chi connectivity index (χ4n) is 5.99. The summed E-state index contributed by atoms with van der Waals surface area (Å²) in [7, 11) is 1.96. The van der Waals surface area contributed by atoms with Crippen molar-refractivity contribution < 1.29 is 24.5 Å². The molecule has 2 fully saturated rings. The topological polar surface area (TPSA) is 103 Å². The number of anilines is 1. The van der Waals surface area contributed by atoms with E-state index in [-0.39, 0.29) is 40.9 Å². The highest BCUT2D eigenvalue weighted by Crippen LogP contribution is 2.39. The largest absolute Gasteiger partial charge is 0.477 e. The molecule has 234 valence electrons. The number of hydrogen-bond acceptors (Lipinski definition) is 7. The van der Waals surface area contributed by atoms with Crippen molar-refractivity contribution in [1.82, 2.24) is 9.88 Å². The van der Waals surface area contributed by atoms with Crippen LogP contribution in [-0.4, -0.2) is 64.3 Å². The number of thiophene rings is 1. The fraction of sp³-hybridized carbons (Fsp3) is 0.618. The van der Waals surface area contributed by atoms with E-state index in [0.717, 1.165) is 68.3 Å². The van der Waals surface area contributed by atoms with Gasteiger partial charge in [-0.2, -0.15) is 0 Å². The Labute approximate surface area is 260 Å². The lowest BCUT2D eigenvalue weighted by atomic mass is 9.81. The predicted octanol–water partition coefficient (Wildman–Crippen LogP) is 6.21. The zero-order valence-corrected chi connectivity index (χ0v) is 27.1. The minimum absolute atomic E-state index is 0.0312. The molecule has 1 amide bonds.